The third kappa shape index (κ3) is 6.42. The fraction of sp³-hybridized carbons (Fsp3) is 0.778. The molecule has 1 heterocycles. The predicted molar refractivity (Wildman–Crippen MR) is 91.1 cm³/mol. The molecule has 1 unspecified atom stereocenters. The van der Waals surface area contributed by atoms with Crippen molar-refractivity contribution in [1.82, 2.24) is 10.2 Å². The quantitative estimate of drug-likeness (QED) is 0.515. The number of ketones is 1. The molecule has 0 spiro atoms. The van der Waals surface area contributed by atoms with Gasteiger partial charge in [-0.1, -0.05) is 27.2 Å². The van der Waals surface area contributed by atoms with E-state index in [9.17, 15) is 19.2 Å². The second-order valence-electron chi connectivity index (χ2n) is 7.62. The number of imide groups is 1. The van der Waals surface area contributed by atoms with Crippen LogP contribution >= 0.6 is 0 Å². The maximum Gasteiger partial charge on any atom is 0.233 e. The fourth-order valence-corrected chi connectivity index (χ4v) is 2.79. The SMILES string of the molecule is CC(=O)CCNC(=O)CCCCCN1C(=O)CC(C(C)(C)C)C1=O. The number of Topliss-reactive ketones (excluding diaryl/α,β-unsaturated/α-hetero) is 1. The molecule has 0 aromatic rings. The summed E-state index contributed by atoms with van der Waals surface area (Å²) in [5, 5.41) is 2.70. The Balaban J connectivity index is 2.21. The molecular formula is C18H30N2O4. The lowest BCUT2D eigenvalue weighted by molar-refractivity contribution is -0.140. The zero-order valence-electron chi connectivity index (χ0n) is 15.3. The van der Waals surface area contributed by atoms with Crippen LogP contribution in [0.1, 0.15) is 66.2 Å². The number of hydrogen-bond donors (Lipinski definition) is 1. The Kier molecular flexibility index (Phi) is 7.58. The van der Waals surface area contributed by atoms with Gasteiger partial charge in [0.1, 0.15) is 5.78 Å². The van der Waals surface area contributed by atoms with Crippen LogP contribution in [-0.2, 0) is 19.2 Å². The lowest BCUT2D eigenvalue weighted by Gasteiger charge is -2.24. The normalized spacial score (nSPS) is 18.2. The van der Waals surface area contributed by atoms with Crippen molar-refractivity contribution in [2.45, 2.75) is 66.2 Å². The molecule has 6 heteroatoms. The Bertz CT molecular complexity index is 494. The molecular weight excluding hydrogens is 308 g/mol. The average molecular weight is 338 g/mol. The molecule has 0 radical (unpaired) electrons. The Morgan fingerprint density at radius 2 is 1.79 bits per heavy atom. The van der Waals surface area contributed by atoms with E-state index in [4.69, 9.17) is 0 Å². The lowest BCUT2D eigenvalue weighted by atomic mass is 9.80. The van der Waals surface area contributed by atoms with Crippen molar-refractivity contribution >= 4 is 23.5 Å². The van der Waals surface area contributed by atoms with Crippen molar-refractivity contribution in [1.29, 1.82) is 0 Å². The number of carbonyl (C=O) groups is 4. The first-order chi connectivity index (χ1) is 11.1. The Morgan fingerprint density at radius 3 is 2.33 bits per heavy atom. The molecule has 1 saturated heterocycles. The number of nitrogens with one attached hydrogen (secondary N) is 1. The summed E-state index contributed by atoms with van der Waals surface area (Å²) in [6.45, 7) is 8.28. The van der Waals surface area contributed by atoms with Gasteiger partial charge < -0.3 is 5.32 Å². The third-order valence-corrected chi connectivity index (χ3v) is 4.37. The second-order valence-corrected chi connectivity index (χ2v) is 7.62. The van der Waals surface area contributed by atoms with E-state index in [-0.39, 0.29) is 34.8 Å². The van der Waals surface area contributed by atoms with Crippen LogP contribution in [0.25, 0.3) is 0 Å². The van der Waals surface area contributed by atoms with Gasteiger partial charge in [-0.05, 0) is 25.2 Å². The molecule has 1 fully saturated rings. The smallest absolute Gasteiger partial charge is 0.233 e. The molecule has 1 rings (SSSR count). The fourth-order valence-electron chi connectivity index (χ4n) is 2.79. The van der Waals surface area contributed by atoms with Gasteiger partial charge in [0.2, 0.25) is 17.7 Å². The first-order valence-electron chi connectivity index (χ1n) is 8.73. The molecule has 0 aromatic carbocycles. The van der Waals surface area contributed by atoms with E-state index in [2.05, 4.69) is 5.32 Å². The molecule has 6 nitrogen and oxygen atoms in total. The first-order valence-corrected chi connectivity index (χ1v) is 8.73. The van der Waals surface area contributed by atoms with Crippen molar-refractivity contribution in [2.24, 2.45) is 11.3 Å². The highest BCUT2D eigenvalue weighted by Crippen LogP contribution is 2.35. The third-order valence-electron chi connectivity index (χ3n) is 4.37. The van der Waals surface area contributed by atoms with Crippen molar-refractivity contribution in [3.8, 4) is 0 Å². The van der Waals surface area contributed by atoms with E-state index in [1.54, 1.807) is 0 Å². The van der Waals surface area contributed by atoms with Gasteiger partial charge in [-0.2, -0.15) is 0 Å². The number of hydrogen-bond acceptors (Lipinski definition) is 4. The number of likely N-dealkylation sites (tertiary alicyclic amines) is 1. The molecule has 1 atom stereocenters. The van der Waals surface area contributed by atoms with Crippen molar-refractivity contribution < 1.29 is 19.2 Å². The number of amides is 3. The van der Waals surface area contributed by atoms with E-state index < -0.39 is 0 Å². The zero-order valence-corrected chi connectivity index (χ0v) is 15.3. The monoisotopic (exact) mass is 338 g/mol. The summed E-state index contributed by atoms with van der Waals surface area (Å²) in [4.78, 5) is 48.0. The van der Waals surface area contributed by atoms with Crippen LogP contribution in [0.3, 0.4) is 0 Å². The first kappa shape index (κ1) is 20.3. The van der Waals surface area contributed by atoms with E-state index in [1.807, 2.05) is 20.8 Å². The minimum absolute atomic E-state index is 0.0580. The molecule has 0 aliphatic carbocycles. The van der Waals surface area contributed by atoms with E-state index >= 15 is 0 Å². The molecule has 0 bridgehead atoms. The van der Waals surface area contributed by atoms with Crippen LogP contribution in [0.4, 0.5) is 0 Å². The van der Waals surface area contributed by atoms with Crippen molar-refractivity contribution in [3.05, 3.63) is 0 Å². The number of nitrogens with zero attached hydrogens (tertiary/aromatic N) is 1. The Hall–Kier alpha value is -1.72. The minimum atomic E-state index is -0.225. The Labute approximate surface area is 144 Å². The highest BCUT2D eigenvalue weighted by molar-refractivity contribution is 6.03. The largest absolute Gasteiger partial charge is 0.356 e. The van der Waals surface area contributed by atoms with Gasteiger partial charge >= 0.3 is 0 Å². The van der Waals surface area contributed by atoms with Crippen LogP contribution in [0.5, 0.6) is 0 Å². The van der Waals surface area contributed by atoms with Gasteiger partial charge in [0.25, 0.3) is 0 Å². The molecule has 3 amide bonds. The van der Waals surface area contributed by atoms with Gasteiger partial charge in [-0.15, -0.1) is 0 Å². The second kappa shape index (κ2) is 8.94. The van der Waals surface area contributed by atoms with Crippen molar-refractivity contribution in [2.75, 3.05) is 13.1 Å². The van der Waals surface area contributed by atoms with Gasteiger partial charge in [0.05, 0.1) is 5.92 Å². The van der Waals surface area contributed by atoms with Crippen LogP contribution in [0.15, 0.2) is 0 Å². The predicted octanol–water partition coefficient (Wildman–Crippen LogP) is 2.06. The maximum atomic E-state index is 12.3. The standard InChI is InChI=1S/C18H30N2O4/c1-13(21)9-10-19-15(22)8-6-5-7-11-20-16(23)12-14(17(20)24)18(2,3)4/h14H,5-12H2,1-4H3,(H,19,22). The van der Waals surface area contributed by atoms with Gasteiger partial charge in [-0.25, -0.2) is 0 Å². The molecule has 1 aliphatic heterocycles. The molecule has 0 aromatic heterocycles. The van der Waals surface area contributed by atoms with Crippen LogP contribution in [-0.4, -0.2) is 41.5 Å². The summed E-state index contributed by atoms with van der Waals surface area (Å²) in [7, 11) is 0. The molecule has 1 N–H and O–H groups in total. The minimum Gasteiger partial charge on any atom is -0.356 e. The zero-order chi connectivity index (χ0) is 18.3. The van der Waals surface area contributed by atoms with Crippen LogP contribution in [0, 0.1) is 11.3 Å². The average Bonchev–Trinajstić information content (AvgIpc) is 2.74. The Morgan fingerprint density at radius 1 is 1.12 bits per heavy atom. The summed E-state index contributed by atoms with van der Waals surface area (Å²) in [6.07, 6.45) is 3.29. The topological polar surface area (TPSA) is 83.6 Å². The lowest BCUT2D eigenvalue weighted by Crippen LogP contribution is -2.34. The van der Waals surface area contributed by atoms with Gasteiger partial charge in [0.15, 0.2) is 0 Å². The molecule has 136 valence electrons. The van der Waals surface area contributed by atoms with E-state index in [0.29, 0.717) is 38.8 Å². The summed E-state index contributed by atoms with van der Waals surface area (Å²) in [5.41, 5.74) is -0.195. The molecule has 0 saturated carbocycles. The highest BCUT2D eigenvalue weighted by atomic mass is 16.2. The van der Waals surface area contributed by atoms with Crippen LogP contribution < -0.4 is 5.32 Å². The molecule has 1 aliphatic rings. The van der Waals surface area contributed by atoms with E-state index in [1.165, 1.54) is 11.8 Å². The summed E-state index contributed by atoms with van der Waals surface area (Å²) in [6, 6.07) is 0. The van der Waals surface area contributed by atoms with Gasteiger partial charge in [-0.3, -0.25) is 24.1 Å². The number of rotatable bonds is 9. The summed E-state index contributed by atoms with van der Waals surface area (Å²) in [5.74, 6) is -0.366. The van der Waals surface area contributed by atoms with Crippen LogP contribution in [0.2, 0.25) is 0 Å². The van der Waals surface area contributed by atoms with Crippen molar-refractivity contribution in [3.63, 3.8) is 0 Å². The van der Waals surface area contributed by atoms with Gasteiger partial charge in [0, 0.05) is 32.4 Å². The number of carbonyl (C=O) groups excluding carboxylic acids is 4. The summed E-state index contributed by atoms with van der Waals surface area (Å²) < 4.78 is 0. The molecule has 24 heavy (non-hydrogen) atoms. The van der Waals surface area contributed by atoms with E-state index in [0.717, 1.165) is 12.8 Å². The summed E-state index contributed by atoms with van der Waals surface area (Å²) >= 11 is 0. The maximum absolute atomic E-state index is 12.3. The highest BCUT2D eigenvalue weighted by Gasteiger charge is 2.44. The number of unbranched alkanes of at least 4 members (excludes halogenated alkanes) is 2.